The molecule has 0 heterocycles. The Morgan fingerprint density at radius 2 is 1.76 bits per heavy atom. The highest BCUT2D eigenvalue weighted by Gasteiger charge is 2.24. The van der Waals surface area contributed by atoms with E-state index in [2.05, 4.69) is 5.32 Å². The van der Waals surface area contributed by atoms with Crippen LogP contribution in [-0.4, -0.2) is 34.9 Å². The molecule has 17 heavy (non-hydrogen) atoms. The Morgan fingerprint density at radius 1 is 1.24 bits per heavy atom. The van der Waals surface area contributed by atoms with E-state index in [4.69, 9.17) is 10.2 Å². The van der Waals surface area contributed by atoms with Crippen molar-refractivity contribution >= 4 is 5.91 Å². The summed E-state index contributed by atoms with van der Waals surface area (Å²) in [7, 11) is 0. The van der Waals surface area contributed by atoms with Crippen LogP contribution in [0.3, 0.4) is 0 Å². The second-order valence-corrected chi connectivity index (χ2v) is 4.59. The summed E-state index contributed by atoms with van der Waals surface area (Å²) in [6, 6.07) is 7.67. The van der Waals surface area contributed by atoms with Crippen LogP contribution in [0.2, 0.25) is 0 Å². The van der Waals surface area contributed by atoms with Gasteiger partial charge in [-0.15, -0.1) is 0 Å². The topological polar surface area (TPSA) is 69.6 Å². The van der Waals surface area contributed by atoms with Crippen molar-refractivity contribution in [1.29, 1.82) is 0 Å². The van der Waals surface area contributed by atoms with E-state index in [9.17, 15) is 4.79 Å². The molecule has 0 atom stereocenters. The first-order valence-electron chi connectivity index (χ1n) is 5.57. The summed E-state index contributed by atoms with van der Waals surface area (Å²) in [6.45, 7) is 3.00. The molecule has 0 fully saturated rings. The first kappa shape index (κ1) is 13.7. The van der Waals surface area contributed by atoms with E-state index >= 15 is 0 Å². The fourth-order valence-corrected chi connectivity index (χ4v) is 1.40. The summed E-state index contributed by atoms with van der Waals surface area (Å²) >= 11 is 0. The number of hydrogen-bond donors (Lipinski definition) is 3. The van der Waals surface area contributed by atoms with Crippen molar-refractivity contribution in [2.75, 3.05) is 13.2 Å². The zero-order valence-corrected chi connectivity index (χ0v) is 10.2. The summed E-state index contributed by atoms with van der Waals surface area (Å²) in [6.07, 6.45) is 0.246. The standard InChI is InChI=1S/C13H19NO3/c1-10-3-5-11(6-4-10)7-12(17)14-13(2,8-15)9-16/h3-6,15-16H,7-9H2,1-2H3,(H,14,17). The maximum Gasteiger partial charge on any atom is 0.224 e. The molecule has 0 radical (unpaired) electrons. The lowest BCUT2D eigenvalue weighted by atomic mass is 10.0. The highest BCUT2D eigenvalue weighted by Crippen LogP contribution is 2.06. The SMILES string of the molecule is Cc1ccc(CC(=O)NC(C)(CO)CO)cc1. The van der Waals surface area contributed by atoms with E-state index < -0.39 is 5.54 Å². The van der Waals surface area contributed by atoms with Crippen LogP contribution in [-0.2, 0) is 11.2 Å². The van der Waals surface area contributed by atoms with Crippen LogP contribution in [0.15, 0.2) is 24.3 Å². The number of aliphatic hydroxyl groups excluding tert-OH is 2. The number of amides is 1. The third-order valence-corrected chi connectivity index (χ3v) is 2.62. The summed E-state index contributed by atoms with van der Waals surface area (Å²) in [5.41, 5.74) is 1.10. The minimum absolute atomic E-state index is 0.209. The van der Waals surface area contributed by atoms with Gasteiger partial charge in [-0.3, -0.25) is 4.79 Å². The molecule has 0 aliphatic heterocycles. The summed E-state index contributed by atoms with van der Waals surface area (Å²) in [5, 5.41) is 20.7. The molecule has 0 aliphatic rings. The first-order valence-corrected chi connectivity index (χ1v) is 5.57. The van der Waals surface area contributed by atoms with E-state index in [1.807, 2.05) is 31.2 Å². The second-order valence-electron chi connectivity index (χ2n) is 4.59. The lowest BCUT2D eigenvalue weighted by Crippen LogP contribution is -2.52. The fraction of sp³-hybridized carbons (Fsp3) is 0.462. The molecule has 1 aromatic rings. The van der Waals surface area contributed by atoms with Crippen LogP contribution >= 0.6 is 0 Å². The molecule has 94 valence electrons. The molecule has 4 heteroatoms. The Kier molecular flexibility index (Phi) is 4.66. The van der Waals surface area contributed by atoms with Crippen molar-refractivity contribution in [3.05, 3.63) is 35.4 Å². The summed E-state index contributed by atoms with van der Waals surface area (Å²) in [5.74, 6) is -0.209. The molecule has 1 rings (SSSR count). The third-order valence-electron chi connectivity index (χ3n) is 2.62. The number of benzene rings is 1. The number of nitrogens with one attached hydrogen (secondary N) is 1. The van der Waals surface area contributed by atoms with Gasteiger partial charge in [-0.1, -0.05) is 29.8 Å². The fourth-order valence-electron chi connectivity index (χ4n) is 1.40. The monoisotopic (exact) mass is 237 g/mol. The van der Waals surface area contributed by atoms with Crippen LogP contribution in [0.4, 0.5) is 0 Å². The number of carbonyl (C=O) groups is 1. The van der Waals surface area contributed by atoms with Gasteiger partial charge >= 0.3 is 0 Å². The Balaban J connectivity index is 2.58. The molecule has 1 amide bonds. The largest absolute Gasteiger partial charge is 0.394 e. The highest BCUT2D eigenvalue weighted by atomic mass is 16.3. The van der Waals surface area contributed by atoms with E-state index in [-0.39, 0.29) is 25.5 Å². The minimum atomic E-state index is -0.957. The van der Waals surface area contributed by atoms with E-state index in [0.29, 0.717) is 0 Å². The maximum atomic E-state index is 11.7. The molecule has 0 aromatic heterocycles. The van der Waals surface area contributed by atoms with Crippen molar-refractivity contribution < 1.29 is 15.0 Å². The molecule has 0 bridgehead atoms. The maximum absolute atomic E-state index is 11.7. The average molecular weight is 237 g/mol. The minimum Gasteiger partial charge on any atom is -0.394 e. The molecule has 0 unspecified atom stereocenters. The Morgan fingerprint density at radius 3 is 2.24 bits per heavy atom. The van der Waals surface area contributed by atoms with Gasteiger partial charge in [-0.25, -0.2) is 0 Å². The molecule has 3 N–H and O–H groups in total. The van der Waals surface area contributed by atoms with E-state index in [0.717, 1.165) is 11.1 Å². The molecule has 0 saturated heterocycles. The normalized spacial score (nSPS) is 11.3. The van der Waals surface area contributed by atoms with Crippen molar-refractivity contribution in [3.63, 3.8) is 0 Å². The van der Waals surface area contributed by atoms with Crippen LogP contribution < -0.4 is 5.32 Å². The molecule has 0 aliphatic carbocycles. The molecule has 1 aromatic carbocycles. The first-order chi connectivity index (χ1) is 7.99. The van der Waals surface area contributed by atoms with Crippen molar-refractivity contribution in [1.82, 2.24) is 5.32 Å². The van der Waals surface area contributed by atoms with E-state index in [1.54, 1.807) is 6.92 Å². The molecule has 0 spiro atoms. The van der Waals surface area contributed by atoms with Crippen molar-refractivity contribution in [2.24, 2.45) is 0 Å². The second kappa shape index (κ2) is 5.80. The number of rotatable bonds is 5. The Labute approximate surface area is 101 Å². The number of aryl methyl sites for hydroxylation is 1. The van der Waals surface area contributed by atoms with Crippen LogP contribution in [0.5, 0.6) is 0 Å². The Bertz CT molecular complexity index is 369. The van der Waals surface area contributed by atoms with Gasteiger partial charge in [0, 0.05) is 0 Å². The van der Waals surface area contributed by atoms with Gasteiger partial charge < -0.3 is 15.5 Å². The molecule has 4 nitrogen and oxygen atoms in total. The molecular formula is C13H19NO3. The Hall–Kier alpha value is -1.39. The summed E-state index contributed by atoms with van der Waals surface area (Å²) < 4.78 is 0. The van der Waals surface area contributed by atoms with Gasteiger partial charge in [0.25, 0.3) is 0 Å². The average Bonchev–Trinajstić information content (AvgIpc) is 2.32. The zero-order chi connectivity index (χ0) is 12.9. The number of aliphatic hydroxyl groups is 2. The van der Waals surface area contributed by atoms with Crippen molar-refractivity contribution in [3.8, 4) is 0 Å². The van der Waals surface area contributed by atoms with E-state index in [1.165, 1.54) is 0 Å². The van der Waals surface area contributed by atoms with Gasteiger partial charge in [0.05, 0.1) is 25.2 Å². The summed E-state index contributed by atoms with van der Waals surface area (Å²) in [4.78, 5) is 11.7. The van der Waals surface area contributed by atoms with Crippen LogP contribution in [0, 0.1) is 6.92 Å². The third kappa shape index (κ3) is 4.17. The van der Waals surface area contributed by atoms with Gasteiger partial charge in [-0.05, 0) is 19.4 Å². The van der Waals surface area contributed by atoms with Crippen LogP contribution in [0.25, 0.3) is 0 Å². The molecule has 0 saturated carbocycles. The zero-order valence-electron chi connectivity index (χ0n) is 10.2. The van der Waals surface area contributed by atoms with Gasteiger partial charge in [0.1, 0.15) is 0 Å². The van der Waals surface area contributed by atoms with Crippen LogP contribution in [0.1, 0.15) is 18.1 Å². The van der Waals surface area contributed by atoms with Crippen molar-refractivity contribution in [2.45, 2.75) is 25.8 Å². The smallest absolute Gasteiger partial charge is 0.224 e. The molecular weight excluding hydrogens is 218 g/mol. The number of carbonyl (C=O) groups excluding carboxylic acids is 1. The van der Waals surface area contributed by atoms with Gasteiger partial charge in [0.15, 0.2) is 0 Å². The van der Waals surface area contributed by atoms with Gasteiger partial charge in [0.2, 0.25) is 5.91 Å². The van der Waals surface area contributed by atoms with Gasteiger partial charge in [-0.2, -0.15) is 0 Å². The predicted octanol–water partition coefficient (Wildman–Crippen LogP) is 0.397. The number of hydrogen-bond acceptors (Lipinski definition) is 3. The predicted molar refractivity (Wildman–Crippen MR) is 65.6 cm³/mol. The highest BCUT2D eigenvalue weighted by molar-refractivity contribution is 5.79. The quantitative estimate of drug-likeness (QED) is 0.694. The lowest BCUT2D eigenvalue weighted by molar-refractivity contribution is -0.123. The lowest BCUT2D eigenvalue weighted by Gasteiger charge is -2.26.